The number of thioether (sulfide) groups is 1. The smallest absolute Gasteiger partial charge is 0.362 e. The van der Waals surface area contributed by atoms with Gasteiger partial charge in [0, 0.05) is 24.8 Å². The van der Waals surface area contributed by atoms with Gasteiger partial charge in [0.2, 0.25) is 0 Å². The summed E-state index contributed by atoms with van der Waals surface area (Å²) in [7, 11) is 0. The Morgan fingerprint density at radius 3 is 2.72 bits per heavy atom. The highest BCUT2D eigenvalue weighted by atomic mass is 32.2. The zero-order valence-corrected chi connectivity index (χ0v) is 11.7. The predicted octanol–water partition coefficient (Wildman–Crippen LogP) is 3.83. The first-order chi connectivity index (χ1) is 8.38. The summed E-state index contributed by atoms with van der Waals surface area (Å²) in [5.74, 6) is 1.60. The van der Waals surface area contributed by atoms with Crippen LogP contribution in [0.5, 0.6) is 0 Å². The summed E-state index contributed by atoms with van der Waals surface area (Å²) in [6, 6.07) is 0.445. The van der Waals surface area contributed by atoms with E-state index in [1.807, 2.05) is 0 Å². The molecular formula is C12H21F3N2S. The van der Waals surface area contributed by atoms with E-state index in [1.165, 1.54) is 0 Å². The number of hydrogen-bond donors (Lipinski definition) is 1. The third-order valence-electron chi connectivity index (χ3n) is 2.91. The molecule has 1 unspecified atom stereocenters. The first-order valence-corrected chi connectivity index (χ1v) is 7.37. The van der Waals surface area contributed by atoms with E-state index in [4.69, 9.17) is 0 Å². The molecule has 18 heavy (non-hydrogen) atoms. The maximum absolute atomic E-state index is 11.9. The van der Waals surface area contributed by atoms with Crippen molar-refractivity contribution in [3.63, 3.8) is 0 Å². The number of halogens is 3. The number of rotatable bonds is 5. The van der Waals surface area contributed by atoms with Crippen LogP contribution < -0.4 is 5.32 Å². The molecule has 1 aliphatic heterocycles. The molecule has 1 N–H and O–H groups in total. The van der Waals surface area contributed by atoms with Crippen LogP contribution in [0, 0.1) is 5.92 Å². The van der Waals surface area contributed by atoms with Crippen molar-refractivity contribution in [2.75, 3.05) is 12.3 Å². The summed E-state index contributed by atoms with van der Waals surface area (Å²) in [6.07, 6.45) is -2.95. The normalized spacial score (nSPS) is 23.4. The highest BCUT2D eigenvalue weighted by Crippen LogP contribution is 2.22. The average Bonchev–Trinajstić information content (AvgIpc) is 2.27. The van der Waals surface area contributed by atoms with Crippen molar-refractivity contribution < 1.29 is 13.2 Å². The van der Waals surface area contributed by atoms with E-state index in [1.54, 1.807) is 11.8 Å². The van der Waals surface area contributed by atoms with Crippen molar-refractivity contribution in [2.45, 2.75) is 51.7 Å². The van der Waals surface area contributed by atoms with Crippen molar-refractivity contribution in [3.05, 3.63) is 0 Å². The van der Waals surface area contributed by atoms with Gasteiger partial charge in [-0.25, -0.2) is 0 Å². The first kappa shape index (κ1) is 15.7. The fraction of sp³-hybridized carbons (Fsp3) is 0.917. The van der Waals surface area contributed by atoms with E-state index in [0.717, 1.165) is 17.3 Å². The third-order valence-corrected chi connectivity index (χ3v) is 3.87. The van der Waals surface area contributed by atoms with E-state index >= 15 is 0 Å². The Labute approximate surface area is 111 Å². The van der Waals surface area contributed by atoms with E-state index in [2.05, 4.69) is 24.2 Å². The number of nitrogens with zero attached hydrogens (tertiary/aromatic N) is 1. The van der Waals surface area contributed by atoms with Gasteiger partial charge < -0.3 is 5.32 Å². The molecule has 0 spiro atoms. The summed E-state index contributed by atoms with van der Waals surface area (Å²) in [5.41, 5.74) is 0. The molecule has 106 valence electrons. The minimum absolute atomic E-state index is 0.165. The molecule has 1 heterocycles. The molecule has 6 heteroatoms. The second kappa shape index (κ2) is 7.26. The summed E-state index contributed by atoms with van der Waals surface area (Å²) in [4.78, 5) is 4.34. The second-order valence-electron chi connectivity index (χ2n) is 4.89. The molecule has 0 bridgehead atoms. The lowest BCUT2D eigenvalue weighted by molar-refractivity contribution is -0.135. The summed E-state index contributed by atoms with van der Waals surface area (Å²) >= 11 is 1.66. The van der Waals surface area contributed by atoms with E-state index in [9.17, 15) is 13.2 Å². The van der Waals surface area contributed by atoms with Crippen LogP contribution in [0.15, 0.2) is 4.99 Å². The van der Waals surface area contributed by atoms with E-state index < -0.39 is 12.6 Å². The standard InChI is InChI=1S/C12H21F3N2S/c1-9(2)10-5-8-18-11(17-10)16-7-4-3-6-12(13,14)15/h9-10H,3-8H2,1-2H3,(H,16,17). The van der Waals surface area contributed by atoms with Gasteiger partial charge in [0.15, 0.2) is 5.17 Å². The van der Waals surface area contributed by atoms with Crippen LogP contribution in [0.2, 0.25) is 0 Å². The molecule has 1 aliphatic rings. The minimum atomic E-state index is -4.03. The van der Waals surface area contributed by atoms with Crippen molar-refractivity contribution in [1.82, 2.24) is 5.32 Å². The molecule has 1 atom stereocenters. The number of amidine groups is 1. The molecular weight excluding hydrogens is 261 g/mol. The van der Waals surface area contributed by atoms with Gasteiger partial charge in [-0.2, -0.15) is 13.2 Å². The molecule has 0 aliphatic carbocycles. The summed E-state index contributed by atoms with van der Waals surface area (Å²) in [6.45, 7) is 4.80. The molecule has 2 nitrogen and oxygen atoms in total. The maximum atomic E-state index is 11.9. The van der Waals surface area contributed by atoms with Crippen molar-refractivity contribution in [1.29, 1.82) is 0 Å². The van der Waals surface area contributed by atoms with Crippen molar-refractivity contribution in [3.8, 4) is 0 Å². The number of hydrogen-bond acceptors (Lipinski definition) is 2. The highest BCUT2D eigenvalue weighted by Gasteiger charge is 2.25. The average molecular weight is 282 g/mol. The van der Waals surface area contributed by atoms with Gasteiger partial charge in [0.05, 0.1) is 0 Å². The maximum Gasteiger partial charge on any atom is 0.389 e. The molecule has 0 aromatic rings. The SMILES string of the molecule is CC(C)C1CCSC(=NCCCCC(F)(F)F)N1. The first-order valence-electron chi connectivity index (χ1n) is 6.39. The molecule has 0 aromatic carbocycles. The zero-order chi connectivity index (χ0) is 13.6. The van der Waals surface area contributed by atoms with Gasteiger partial charge in [-0.3, -0.25) is 4.99 Å². The lowest BCUT2D eigenvalue weighted by atomic mass is 10.0. The fourth-order valence-corrected chi connectivity index (χ4v) is 2.75. The van der Waals surface area contributed by atoms with Gasteiger partial charge in [0.25, 0.3) is 0 Å². The van der Waals surface area contributed by atoms with Crippen LogP contribution >= 0.6 is 11.8 Å². The molecule has 1 fully saturated rings. The Hall–Kier alpha value is -0.390. The zero-order valence-electron chi connectivity index (χ0n) is 10.9. The van der Waals surface area contributed by atoms with E-state index in [0.29, 0.717) is 24.9 Å². The lowest BCUT2D eigenvalue weighted by Gasteiger charge is -2.28. The molecule has 1 rings (SSSR count). The molecule has 0 amide bonds. The lowest BCUT2D eigenvalue weighted by Crippen LogP contribution is -2.41. The van der Waals surface area contributed by atoms with Crippen LogP contribution in [0.3, 0.4) is 0 Å². The highest BCUT2D eigenvalue weighted by molar-refractivity contribution is 8.13. The van der Waals surface area contributed by atoms with Gasteiger partial charge >= 0.3 is 6.18 Å². The minimum Gasteiger partial charge on any atom is -0.362 e. The monoisotopic (exact) mass is 282 g/mol. The Balaban J connectivity index is 2.21. The Kier molecular flexibility index (Phi) is 6.32. The predicted molar refractivity (Wildman–Crippen MR) is 71.0 cm³/mol. The largest absolute Gasteiger partial charge is 0.389 e. The molecule has 0 saturated carbocycles. The number of alkyl halides is 3. The van der Waals surface area contributed by atoms with Crippen molar-refractivity contribution >= 4 is 16.9 Å². The summed E-state index contributed by atoms with van der Waals surface area (Å²) < 4.78 is 35.8. The van der Waals surface area contributed by atoms with Crippen LogP contribution in [0.25, 0.3) is 0 Å². The molecule has 0 aromatic heterocycles. The van der Waals surface area contributed by atoms with Crippen LogP contribution in [-0.4, -0.2) is 29.7 Å². The number of nitrogens with one attached hydrogen (secondary N) is 1. The number of aliphatic imine (C=N–C) groups is 1. The Morgan fingerprint density at radius 1 is 1.39 bits per heavy atom. The Bertz CT molecular complexity index is 277. The third kappa shape index (κ3) is 6.52. The molecule has 1 saturated heterocycles. The topological polar surface area (TPSA) is 24.4 Å². The molecule has 0 radical (unpaired) electrons. The number of unbranched alkanes of at least 4 members (excludes halogenated alkanes) is 1. The fourth-order valence-electron chi connectivity index (χ4n) is 1.76. The Morgan fingerprint density at radius 2 is 2.11 bits per heavy atom. The van der Waals surface area contributed by atoms with Crippen LogP contribution in [0.1, 0.15) is 39.5 Å². The van der Waals surface area contributed by atoms with Gasteiger partial charge in [-0.1, -0.05) is 25.6 Å². The van der Waals surface area contributed by atoms with Crippen LogP contribution in [-0.2, 0) is 0 Å². The van der Waals surface area contributed by atoms with Gasteiger partial charge in [-0.15, -0.1) is 0 Å². The van der Waals surface area contributed by atoms with Gasteiger partial charge in [-0.05, 0) is 25.2 Å². The van der Waals surface area contributed by atoms with Gasteiger partial charge in [0.1, 0.15) is 0 Å². The quantitative estimate of drug-likeness (QED) is 0.775. The second-order valence-corrected chi connectivity index (χ2v) is 5.97. The van der Waals surface area contributed by atoms with Crippen LogP contribution in [0.4, 0.5) is 13.2 Å². The van der Waals surface area contributed by atoms with Crippen molar-refractivity contribution in [2.24, 2.45) is 10.9 Å². The van der Waals surface area contributed by atoms with E-state index in [-0.39, 0.29) is 6.42 Å². The summed E-state index contributed by atoms with van der Waals surface area (Å²) in [5, 5.41) is 4.25.